The van der Waals surface area contributed by atoms with Gasteiger partial charge in [0.15, 0.2) is 14.6 Å². The summed E-state index contributed by atoms with van der Waals surface area (Å²) in [5.41, 5.74) is 1.61. The summed E-state index contributed by atoms with van der Waals surface area (Å²) in [6.07, 6.45) is 2.00. The Morgan fingerprint density at radius 1 is 1.13 bits per heavy atom. The summed E-state index contributed by atoms with van der Waals surface area (Å²) < 4.78 is 31.5. The van der Waals surface area contributed by atoms with Crippen LogP contribution in [-0.4, -0.2) is 49.7 Å². The lowest BCUT2D eigenvalue weighted by atomic mass is 10.2. The second kappa shape index (κ2) is 9.80. The van der Waals surface area contributed by atoms with E-state index in [1.54, 1.807) is 30.8 Å². The monoisotopic (exact) mass is 478 g/mol. The highest BCUT2D eigenvalue weighted by atomic mass is 32.2. The van der Waals surface area contributed by atoms with Gasteiger partial charge in [-0.15, -0.1) is 0 Å². The predicted molar refractivity (Wildman–Crippen MR) is 124 cm³/mol. The highest BCUT2D eigenvalue weighted by molar-refractivity contribution is 7.98. The first kappa shape index (κ1) is 23.2. The molecule has 0 unspecified atom stereocenters. The minimum absolute atomic E-state index is 0.00451. The first-order valence-electron chi connectivity index (χ1n) is 9.43. The van der Waals surface area contributed by atoms with Crippen molar-refractivity contribution in [2.45, 2.75) is 18.4 Å². The van der Waals surface area contributed by atoms with Crippen molar-refractivity contribution in [1.29, 1.82) is 0 Å². The van der Waals surface area contributed by atoms with E-state index in [1.165, 1.54) is 42.7 Å². The molecule has 0 aliphatic heterocycles. The van der Waals surface area contributed by atoms with Crippen molar-refractivity contribution in [2.75, 3.05) is 24.9 Å². The van der Waals surface area contributed by atoms with E-state index < -0.39 is 21.7 Å². The minimum atomic E-state index is -3.33. The first-order valence-corrected chi connectivity index (χ1v) is 13.3. The zero-order valence-corrected chi connectivity index (χ0v) is 19.8. The van der Waals surface area contributed by atoms with Gasteiger partial charge in [0.25, 0.3) is 5.91 Å². The first-order chi connectivity index (χ1) is 14.8. The fourth-order valence-electron chi connectivity index (χ4n) is 2.92. The number of fused-ring (bicyclic) bond motifs is 1. The van der Waals surface area contributed by atoms with E-state index in [0.29, 0.717) is 22.5 Å². The van der Waals surface area contributed by atoms with Gasteiger partial charge < -0.3 is 9.30 Å². The second-order valence-corrected chi connectivity index (χ2v) is 10.8. The van der Waals surface area contributed by atoms with Crippen molar-refractivity contribution in [3.05, 3.63) is 58.4 Å². The highest BCUT2D eigenvalue weighted by Crippen LogP contribution is 2.21. The Morgan fingerprint density at radius 2 is 1.81 bits per heavy atom. The normalized spacial score (nSPS) is 12.3. The molecule has 1 aromatic heterocycles. The average Bonchev–Trinajstić information content (AvgIpc) is 3.12. The third-order valence-corrected chi connectivity index (χ3v) is 8.04. The number of nitrogens with zero attached hydrogens (tertiary/aromatic N) is 2. The molecule has 0 radical (unpaired) electrons. The Bertz CT molecular complexity index is 1290. The van der Waals surface area contributed by atoms with Crippen LogP contribution in [0.15, 0.2) is 52.4 Å². The molecule has 31 heavy (non-hydrogen) atoms. The lowest BCUT2D eigenvalue weighted by Crippen LogP contribution is -2.18. The smallest absolute Gasteiger partial charge is 0.337 e. The molecule has 0 aliphatic carbocycles. The Balaban J connectivity index is 2.04. The number of carbonyl (C=O) groups excluding carboxylic acids is 2. The van der Waals surface area contributed by atoms with Crippen LogP contribution in [0.25, 0.3) is 10.2 Å². The van der Waals surface area contributed by atoms with E-state index in [-0.39, 0.29) is 10.6 Å². The molecule has 0 fully saturated rings. The number of thioether (sulfide) groups is 1. The number of thiazole rings is 1. The summed E-state index contributed by atoms with van der Waals surface area (Å²) in [7, 11) is -2.00. The summed E-state index contributed by atoms with van der Waals surface area (Å²) in [6, 6.07) is 11.1. The molecule has 0 spiro atoms. The number of hydrogen-bond donors (Lipinski definition) is 0. The number of aryl methyl sites for hydroxylation is 1. The summed E-state index contributed by atoms with van der Waals surface area (Å²) in [5.74, 6) is -0.0638. The molecule has 0 N–H and O–H groups in total. The van der Waals surface area contributed by atoms with E-state index in [2.05, 4.69) is 4.99 Å². The Labute approximate surface area is 188 Å². The molecule has 3 rings (SSSR count). The van der Waals surface area contributed by atoms with Crippen LogP contribution in [-0.2, 0) is 21.1 Å². The summed E-state index contributed by atoms with van der Waals surface area (Å²) in [6.45, 7) is 2.22. The van der Waals surface area contributed by atoms with Crippen LogP contribution in [0.1, 0.15) is 27.6 Å². The number of hydrogen-bond acceptors (Lipinski definition) is 7. The van der Waals surface area contributed by atoms with Gasteiger partial charge in [0.1, 0.15) is 0 Å². The van der Waals surface area contributed by atoms with E-state index in [1.807, 2.05) is 16.9 Å². The van der Waals surface area contributed by atoms with E-state index >= 15 is 0 Å². The molecule has 10 heteroatoms. The van der Waals surface area contributed by atoms with Gasteiger partial charge >= 0.3 is 5.97 Å². The van der Waals surface area contributed by atoms with Gasteiger partial charge in [0.05, 0.1) is 33.5 Å². The molecule has 0 bridgehead atoms. The number of ether oxygens (including phenoxy) is 1. The number of rotatable bonds is 7. The number of esters is 1. The van der Waals surface area contributed by atoms with E-state index in [9.17, 15) is 18.0 Å². The topological polar surface area (TPSA) is 94.8 Å². The van der Waals surface area contributed by atoms with Crippen molar-refractivity contribution >= 4 is 55.0 Å². The third kappa shape index (κ3) is 5.08. The molecular weight excluding hydrogens is 456 g/mol. The molecule has 0 aliphatic rings. The molecule has 1 heterocycles. The zero-order chi connectivity index (χ0) is 22.6. The lowest BCUT2D eigenvalue weighted by Gasteiger charge is -2.05. The van der Waals surface area contributed by atoms with Gasteiger partial charge in [-0.3, -0.25) is 4.79 Å². The van der Waals surface area contributed by atoms with Crippen LogP contribution >= 0.6 is 23.1 Å². The van der Waals surface area contributed by atoms with Crippen LogP contribution in [0.3, 0.4) is 0 Å². The number of carbonyl (C=O) groups is 2. The molecule has 7 nitrogen and oxygen atoms in total. The quantitative estimate of drug-likeness (QED) is 0.483. The van der Waals surface area contributed by atoms with Crippen molar-refractivity contribution in [3.8, 4) is 0 Å². The van der Waals surface area contributed by atoms with E-state index in [4.69, 9.17) is 4.74 Å². The zero-order valence-electron chi connectivity index (χ0n) is 17.3. The number of aromatic nitrogens is 1. The molecule has 0 saturated carbocycles. The maximum Gasteiger partial charge on any atom is 0.337 e. The number of sulfone groups is 1. The van der Waals surface area contributed by atoms with E-state index in [0.717, 1.165) is 16.0 Å². The van der Waals surface area contributed by atoms with Gasteiger partial charge in [-0.1, -0.05) is 18.3 Å². The maximum absolute atomic E-state index is 12.8. The molecule has 3 aromatic rings. The highest BCUT2D eigenvalue weighted by Gasteiger charge is 2.14. The SMILES string of the molecule is CCS(=O)(=O)c1ccc(C(=O)N=c2sc3cc(C(=O)OC)ccc3n2CCSC)cc1. The Morgan fingerprint density at radius 3 is 2.42 bits per heavy atom. The van der Waals surface area contributed by atoms with Gasteiger partial charge in [-0.05, 0) is 48.7 Å². The third-order valence-electron chi connectivity index (χ3n) is 4.66. The molecule has 0 atom stereocenters. The fourth-order valence-corrected chi connectivity index (χ4v) is 5.27. The summed E-state index contributed by atoms with van der Waals surface area (Å²) >= 11 is 2.99. The fraction of sp³-hybridized carbons (Fsp3) is 0.286. The molecule has 0 saturated heterocycles. The minimum Gasteiger partial charge on any atom is -0.465 e. The predicted octanol–water partition coefficient (Wildman–Crippen LogP) is 3.39. The van der Waals surface area contributed by atoms with Crippen molar-refractivity contribution in [3.63, 3.8) is 0 Å². The largest absolute Gasteiger partial charge is 0.465 e. The van der Waals surface area contributed by atoms with Crippen LogP contribution in [0.2, 0.25) is 0 Å². The van der Waals surface area contributed by atoms with Crippen LogP contribution in [0.4, 0.5) is 0 Å². The maximum atomic E-state index is 12.8. The van der Waals surface area contributed by atoms with Crippen molar-refractivity contribution < 1.29 is 22.7 Å². The van der Waals surface area contributed by atoms with Gasteiger partial charge in [0, 0.05) is 17.9 Å². The van der Waals surface area contributed by atoms with Crippen LogP contribution in [0, 0.1) is 0 Å². The van der Waals surface area contributed by atoms with Gasteiger partial charge in [-0.2, -0.15) is 16.8 Å². The lowest BCUT2D eigenvalue weighted by molar-refractivity contribution is 0.0600. The molecule has 1 amide bonds. The second-order valence-electron chi connectivity index (χ2n) is 6.55. The van der Waals surface area contributed by atoms with Crippen molar-refractivity contribution in [1.82, 2.24) is 4.57 Å². The van der Waals surface area contributed by atoms with Gasteiger partial charge in [0.2, 0.25) is 0 Å². The average molecular weight is 479 g/mol. The van der Waals surface area contributed by atoms with Crippen LogP contribution < -0.4 is 4.80 Å². The number of methoxy groups -OCH3 is 1. The Hall–Kier alpha value is -2.43. The Kier molecular flexibility index (Phi) is 7.34. The standard InChI is InChI=1S/C21H22N2O5S3/c1-4-31(26,27)16-8-5-14(6-9-16)19(24)22-21-23(11-12-29-3)17-10-7-15(20(25)28-2)13-18(17)30-21/h5-10,13H,4,11-12H2,1-3H3. The number of amides is 1. The van der Waals surface area contributed by atoms with Crippen LogP contribution in [0.5, 0.6) is 0 Å². The number of benzene rings is 2. The summed E-state index contributed by atoms with van der Waals surface area (Å²) in [5, 5.41) is 0. The van der Waals surface area contributed by atoms with Gasteiger partial charge in [-0.25, -0.2) is 13.2 Å². The van der Waals surface area contributed by atoms with Crippen molar-refractivity contribution in [2.24, 2.45) is 4.99 Å². The molecule has 2 aromatic carbocycles. The summed E-state index contributed by atoms with van der Waals surface area (Å²) in [4.78, 5) is 29.6. The molecule has 164 valence electrons. The molecular formula is C21H22N2O5S3.